The van der Waals surface area contributed by atoms with E-state index < -0.39 is 37.2 Å². The van der Waals surface area contributed by atoms with Crippen LogP contribution in [-0.2, 0) is 9.53 Å². The molecule has 26 heavy (non-hydrogen) atoms. The van der Waals surface area contributed by atoms with Crippen LogP contribution in [0.1, 0.15) is 30.6 Å². The van der Waals surface area contributed by atoms with E-state index in [0.29, 0.717) is 13.0 Å². The maximum Gasteiger partial charge on any atom is 0.329 e. The van der Waals surface area contributed by atoms with E-state index in [1.807, 2.05) is 6.92 Å². The molecule has 8 nitrogen and oxygen atoms in total. The first-order valence-electron chi connectivity index (χ1n) is 8.55. The van der Waals surface area contributed by atoms with Crippen LogP contribution in [0.5, 0.6) is 5.75 Å². The summed E-state index contributed by atoms with van der Waals surface area (Å²) < 4.78 is 5.07. The Balaban J connectivity index is 2.97. The summed E-state index contributed by atoms with van der Waals surface area (Å²) in [5, 5.41) is 30.6. The minimum Gasteiger partial charge on any atom is -0.507 e. The Morgan fingerprint density at radius 2 is 1.81 bits per heavy atom. The Morgan fingerprint density at radius 3 is 2.35 bits per heavy atom. The second kappa shape index (κ2) is 10.7. The number of phenolic OH excluding ortho intramolecular Hbond substituents is 1. The summed E-state index contributed by atoms with van der Waals surface area (Å²) in [6.45, 7) is 3.06. The number of nitrogens with two attached hydrogens (primary N) is 1. The molecule has 0 aromatic heterocycles. The van der Waals surface area contributed by atoms with Gasteiger partial charge in [-0.2, -0.15) is 0 Å². The van der Waals surface area contributed by atoms with E-state index in [1.165, 1.54) is 12.1 Å². The van der Waals surface area contributed by atoms with Crippen molar-refractivity contribution in [2.45, 2.75) is 32.4 Å². The van der Waals surface area contributed by atoms with Gasteiger partial charge in [0.25, 0.3) is 5.91 Å². The third kappa shape index (κ3) is 6.29. The number of phenols is 1. The number of aliphatic hydroxyl groups excluding tert-OH is 2. The third-order valence-corrected chi connectivity index (χ3v) is 4.12. The highest BCUT2D eigenvalue weighted by Gasteiger charge is 2.31. The van der Waals surface area contributed by atoms with Gasteiger partial charge in [-0.05, 0) is 36.9 Å². The number of hydrogen-bond donors (Lipinski definition) is 5. The zero-order chi connectivity index (χ0) is 19.7. The lowest BCUT2D eigenvalue weighted by Crippen LogP contribution is -2.48. The molecule has 0 fully saturated rings. The van der Waals surface area contributed by atoms with E-state index in [9.17, 15) is 14.7 Å². The lowest BCUT2D eigenvalue weighted by molar-refractivity contribution is -0.157. The van der Waals surface area contributed by atoms with Gasteiger partial charge in [-0.1, -0.05) is 26.0 Å². The van der Waals surface area contributed by atoms with Crippen LogP contribution in [0.4, 0.5) is 0 Å². The van der Waals surface area contributed by atoms with Gasteiger partial charge in [0.1, 0.15) is 17.9 Å². The molecule has 0 aliphatic carbocycles. The van der Waals surface area contributed by atoms with Crippen molar-refractivity contribution in [3.63, 3.8) is 0 Å². The number of amides is 1. The standard InChI is InChI=1S/C18H28N2O6/c1-11(8-19)7-12(2)16(18(25)26-13(9-21)10-22)20-17(24)14-5-3-4-6-15(14)23/h3-6,11-13,16,21-23H,7-10,19H2,1-2H3,(H,20,24). The molecular formula is C18H28N2O6. The molecule has 0 heterocycles. The quantitative estimate of drug-likeness (QED) is 0.366. The Hall–Kier alpha value is -2.16. The number of ether oxygens (including phenoxy) is 1. The average Bonchev–Trinajstić information content (AvgIpc) is 2.63. The lowest BCUT2D eigenvalue weighted by Gasteiger charge is -2.27. The lowest BCUT2D eigenvalue weighted by atomic mass is 9.91. The van der Waals surface area contributed by atoms with Crippen LogP contribution in [0, 0.1) is 11.8 Å². The van der Waals surface area contributed by atoms with Crippen molar-refractivity contribution in [1.82, 2.24) is 5.32 Å². The summed E-state index contributed by atoms with van der Waals surface area (Å²) in [5.41, 5.74) is 5.66. The number of benzene rings is 1. The van der Waals surface area contributed by atoms with Gasteiger partial charge in [0.05, 0.1) is 18.8 Å². The summed E-state index contributed by atoms with van der Waals surface area (Å²) in [4.78, 5) is 24.9. The second-order valence-corrected chi connectivity index (χ2v) is 6.45. The molecule has 0 spiro atoms. The topological polar surface area (TPSA) is 142 Å². The van der Waals surface area contributed by atoms with E-state index in [4.69, 9.17) is 20.7 Å². The predicted molar refractivity (Wildman–Crippen MR) is 95.4 cm³/mol. The Morgan fingerprint density at radius 1 is 1.19 bits per heavy atom. The number of esters is 1. The maximum absolute atomic E-state index is 12.5. The van der Waals surface area contributed by atoms with E-state index in [-0.39, 0.29) is 23.1 Å². The molecule has 0 radical (unpaired) electrons. The first kappa shape index (κ1) is 21.9. The molecule has 146 valence electrons. The van der Waals surface area contributed by atoms with Gasteiger partial charge in [0, 0.05) is 0 Å². The number of aliphatic hydroxyl groups is 2. The molecule has 3 unspecified atom stereocenters. The molecule has 0 aliphatic heterocycles. The van der Waals surface area contributed by atoms with Crippen molar-refractivity contribution in [1.29, 1.82) is 0 Å². The monoisotopic (exact) mass is 368 g/mol. The average molecular weight is 368 g/mol. The van der Waals surface area contributed by atoms with Crippen molar-refractivity contribution in [2.75, 3.05) is 19.8 Å². The van der Waals surface area contributed by atoms with Crippen LogP contribution in [0.25, 0.3) is 0 Å². The largest absolute Gasteiger partial charge is 0.507 e. The summed E-state index contributed by atoms with van der Waals surface area (Å²) >= 11 is 0. The molecule has 1 amide bonds. The SMILES string of the molecule is CC(CN)CC(C)C(NC(=O)c1ccccc1O)C(=O)OC(CO)CO. The Bertz CT molecular complexity index is 591. The fraction of sp³-hybridized carbons (Fsp3) is 0.556. The Labute approximate surface area is 153 Å². The highest BCUT2D eigenvalue weighted by Crippen LogP contribution is 2.19. The summed E-state index contributed by atoms with van der Waals surface area (Å²) in [7, 11) is 0. The molecule has 3 atom stereocenters. The van der Waals surface area contributed by atoms with Crippen molar-refractivity contribution < 1.29 is 29.6 Å². The van der Waals surface area contributed by atoms with Crippen LogP contribution in [-0.4, -0.2) is 59.1 Å². The smallest absolute Gasteiger partial charge is 0.329 e. The molecule has 1 aromatic carbocycles. The van der Waals surface area contributed by atoms with E-state index in [1.54, 1.807) is 19.1 Å². The second-order valence-electron chi connectivity index (χ2n) is 6.45. The number of carbonyl (C=O) groups excluding carboxylic acids is 2. The van der Waals surface area contributed by atoms with Gasteiger partial charge in [-0.25, -0.2) is 4.79 Å². The van der Waals surface area contributed by atoms with Gasteiger partial charge in [-0.3, -0.25) is 4.79 Å². The van der Waals surface area contributed by atoms with E-state index in [2.05, 4.69) is 5.32 Å². The molecule has 0 aliphatic rings. The van der Waals surface area contributed by atoms with Crippen molar-refractivity contribution in [3.05, 3.63) is 29.8 Å². The van der Waals surface area contributed by atoms with E-state index >= 15 is 0 Å². The molecular weight excluding hydrogens is 340 g/mol. The number of aromatic hydroxyl groups is 1. The summed E-state index contributed by atoms with van der Waals surface area (Å²) in [5.74, 6) is -1.79. The summed E-state index contributed by atoms with van der Waals surface area (Å²) in [6.07, 6.45) is -0.508. The van der Waals surface area contributed by atoms with Crippen LogP contribution in [0.15, 0.2) is 24.3 Å². The normalized spacial score (nSPS) is 14.5. The van der Waals surface area contributed by atoms with Crippen LogP contribution in [0.2, 0.25) is 0 Å². The Kier molecular flexibility index (Phi) is 9.04. The van der Waals surface area contributed by atoms with E-state index in [0.717, 1.165) is 0 Å². The van der Waals surface area contributed by atoms with Gasteiger partial charge in [0.15, 0.2) is 0 Å². The molecule has 1 rings (SSSR count). The number of rotatable bonds is 10. The fourth-order valence-corrected chi connectivity index (χ4v) is 2.55. The third-order valence-electron chi connectivity index (χ3n) is 4.12. The van der Waals surface area contributed by atoms with Gasteiger partial charge in [-0.15, -0.1) is 0 Å². The van der Waals surface area contributed by atoms with Crippen LogP contribution >= 0.6 is 0 Å². The first-order valence-corrected chi connectivity index (χ1v) is 8.55. The van der Waals surface area contributed by atoms with Crippen molar-refractivity contribution in [3.8, 4) is 5.75 Å². The number of nitrogens with one attached hydrogen (secondary N) is 1. The van der Waals surface area contributed by atoms with Crippen LogP contribution < -0.4 is 11.1 Å². The number of carbonyl (C=O) groups is 2. The molecule has 6 N–H and O–H groups in total. The van der Waals surface area contributed by atoms with Gasteiger partial charge in [0.2, 0.25) is 0 Å². The van der Waals surface area contributed by atoms with Gasteiger partial charge >= 0.3 is 5.97 Å². The molecule has 0 saturated carbocycles. The van der Waals surface area contributed by atoms with Crippen LogP contribution in [0.3, 0.4) is 0 Å². The minimum absolute atomic E-state index is 0.0326. The van der Waals surface area contributed by atoms with Crippen molar-refractivity contribution >= 4 is 11.9 Å². The molecule has 8 heteroatoms. The molecule has 1 aromatic rings. The summed E-state index contributed by atoms with van der Waals surface area (Å²) in [6, 6.07) is 4.96. The highest BCUT2D eigenvalue weighted by molar-refractivity contribution is 5.99. The highest BCUT2D eigenvalue weighted by atomic mass is 16.6. The zero-order valence-corrected chi connectivity index (χ0v) is 15.1. The fourth-order valence-electron chi connectivity index (χ4n) is 2.55. The molecule has 0 saturated heterocycles. The van der Waals surface area contributed by atoms with Crippen molar-refractivity contribution in [2.24, 2.45) is 17.6 Å². The predicted octanol–water partition coefficient (Wildman–Crippen LogP) is 0.00800. The molecule has 0 bridgehead atoms. The minimum atomic E-state index is -1.06. The number of para-hydroxylation sites is 1. The zero-order valence-electron chi connectivity index (χ0n) is 15.1. The van der Waals surface area contributed by atoms with Gasteiger partial charge < -0.3 is 31.1 Å². The first-order chi connectivity index (χ1) is 12.3. The number of hydrogen-bond acceptors (Lipinski definition) is 7. The maximum atomic E-state index is 12.5.